The number of methoxy groups -OCH3 is 1. The summed E-state index contributed by atoms with van der Waals surface area (Å²) < 4.78 is 15.8. The van der Waals surface area contributed by atoms with Crippen LogP contribution in [0.25, 0.3) is 6.08 Å². The van der Waals surface area contributed by atoms with Gasteiger partial charge in [0, 0.05) is 5.02 Å². The second-order valence-corrected chi connectivity index (χ2v) is 4.99. The van der Waals surface area contributed by atoms with Crippen LogP contribution in [0.3, 0.4) is 0 Å². The van der Waals surface area contributed by atoms with Crippen LogP contribution in [0.15, 0.2) is 54.3 Å². The van der Waals surface area contributed by atoms with E-state index in [-0.39, 0.29) is 12.4 Å². The first-order valence-corrected chi connectivity index (χ1v) is 7.46. The summed E-state index contributed by atoms with van der Waals surface area (Å²) in [5.74, 6) is 0.804. The molecule has 0 aliphatic heterocycles. The minimum atomic E-state index is -0.529. The van der Waals surface area contributed by atoms with E-state index in [1.54, 1.807) is 56.5 Å². The molecule has 0 aliphatic carbocycles. The van der Waals surface area contributed by atoms with E-state index in [0.29, 0.717) is 10.8 Å². The van der Waals surface area contributed by atoms with Gasteiger partial charge in [0.1, 0.15) is 11.5 Å². The summed E-state index contributed by atoms with van der Waals surface area (Å²) in [6.07, 6.45) is 1.62. The van der Waals surface area contributed by atoms with Crippen LogP contribution in [0.1, 0.15) is 12.5 Å². The smallest absolute Gasteiger partial charge is 0.374 e. The fraction of sp³-hybridized carbons (Fsp3) is 0.167. The lowest BCUT2D eigenvalue weighted by Crippen LogP contribution is -2.12. The summed E-state index contributed by atoms with van der Waals surface area (Å²) in [6, 6.07) is 14.0. The van der Waals surface area contributed by atoms with Gasteiger partial charge in [-0.15, -0.1) is 0 Å². The highest BCUT2D eigenvalue weighted by Crippen LogP contribution is 2.20. The summed E-state index contributed by atoms with van der Waals surface area (Å²) >= 11 is 5.85. The zero-order valence-corrected chi connectivity index (χ0v) is 13.7. The number of halogens is 1. The first-order valence-electron chi connectivity index (χ1n) is 7.08. The van der Waals surface area contributed by atoms with Crippen LogP contribution < -0.4 is 9.47 Å². The van der Waals surface area contributed by atoms with Crippen molar-refractivity contribution in [1.29, 1.82) is 0 Å². The second kappa shape index (κ2) is 8.25. The Kier molecular flexibility index (Phi) is 6.06. The molecule has 0 spiro atoms. The number of hydrogen-bond acceptors (Lipinski definition) is 4. The molecule has 2 aromatic carbocycles. The minimum Gasteiger partial charge on any atom is -0.497 e. The van der Waals surface area contributed by atoms with Crippen molar-refractivity contribution < 1.29 is 19.0 Å². The van der Waals surface area contributed by atoms with E-state index in [1.165, 1.54) is 0 Å². The molecule has 0 heterocycles. The molecule has 120 valence electrons. The standard InChI is InChI=1S/C18H17ClO4/c1-3-22-18(20)17(23-16-10-6-14(19)7-11-16)12-13-4-8-15(21-2)9-5-13/h4-12H,3H2,1-2H3/b17-12-. The highest BCUT2D eigenvalue weighted by Gasteiger charge is 2.14. The van der Waals surface area contributed by atoms with E-state index in [1.807, 2.05) is 12.1 Å². The van der Waals surface area contributed by atoms with E-state index in [2.05, 4.69) is 0 Å². The van der Waals surface area contributed by atoms with Crippen LogP contribution in [0.5, 0.6) is 11.5 Å². The van der Waals surface area contributed by atoms with Crippen molar-refractivity contribution in [2.75, 3.05) is 13.7 Å². The van der Waals surface area contributed by atoms with Crippen LogP contribution >= 0.6 is 11.6 Å². The fourth-order valence-electron chi connectivity index (χ4n) is 1.81. The van der Waals surface area contributed by atoms with Gasteiger partial charge in [0.05, 0.1) is 13.7 Å². The molecule has 0 fully saturated rings. The Labute approximate surface area is 140 Å². The van der Waals surface area contributed by atoms with E-state index < -0.39 is 5.97 Å². The van der Waals surface area contributed by atoms with Gasteiger partial charge in [-0.25, -0.2) is 4.79 Å². The molecule has 5 heteroatoms. The Bertz CT molecular complexity index is 675. The van der Waals surface area contributed by atoms with Crippen molar-refractivity contribution in [3.05, 3.63) is 64.9 Å². The Morgan fingerprint density at radius 1 is 1.04 bits per heavy atom. The van der Waals surface area contributed by atoms with Gasteiger partial charge in [0.15, 0.2) is 0 Å². The van der Waals surface area contributed by atoms with Gasteiger partial charge in [0.25, 0.3) is 0 Å². The molecule has 0 aliphatic rings. The van der Waals surface area contributed by atoms with Crippen molar-refractivity contribution in [3.8, 4) is 11.5 Å². The largest absolute Gasteiger partial charge is 0.497 e. The Balaban J connectivity index is 2.26. The summed E-state index contributed by atoms with van der Waals surface area (Å²) in [5, 5.41) is 0.592. The average Bonchev–Trinajstić information content (AvgIpc) is 2.57. The molecular weight excluding hydrogens is 316 g/mol. The van der Waals surface area contributed by atoms with Gasteiger partial charge in [-0.05, 0) is 55.0 Å². The molecule has 0 saturated heterocycles. The number of carbonyl (C=O) groups is 1. The molecule has 0 atom stereocenters. The Hall–Kier alpha value is -2.46. The number of hydrogen-bond donors (Lipinski definition) is 0. The summed E-state index contributed by atoms with van der Waals surface area (Å²) in [4.78, 5) is 12.1. The van der Waals surface area contributed by atoms with Crippen LogP contribution in [0.4, 0.5) is 0 Å². The van der Waals surface area contributed by atoms with Crippen LogP contribution in [-0.2, 0) is 9.53 Å². The SMILES string of the molecule is CCOC(=O)/C(=C/c1ccc(OC)cc1)Oc1ccc(Cl)cc1. The van der Waals surface area contributed by atoms with Gasteiger partial charge in [-0.3, -0.25) is 0 Å². The van der Waals surface area contributed by atoms with Crippen molar-refractivity contribution in [2.45, 2.75) is 6.92 Å². The molecule has 0 bridgehead atoms. The summed E-state index contributed by atoms with van der Waals surface area (Å²) in [6.45, 7) is 2.01. The quantitative estimate of drug-likeness (QED) is 0.448. The molecular formula is C18H17ClO4. The Morgan fingerprint density at radius 2 is 1.65 bits per heavy atom. The lowest BCUT2D eigenvalue weighted by Gasteiger charge is -2.10. The van der Waals surface area contributed by atoms with E-state index in [4.69, 9.17) is 25.8 Å². The number of ether oxygens (including phenoxy) is 3. The third kappa shape index (κ3) is 5.04. The lowest BCUT2D eigenvalue weighted by molar-refractivity contribution is -0.140. The first-order chi connectivity index (χ1) is 11.1. The van der Waals surface area contributed by atoms with Crippen LogP contribution in [0.2, 0.25) is 5.02 Å². The number of carbonyl (C=O) groups excluding carboxylic acids is 1. The molecule has 0 amide bonds. The predicted molar refractivity (Wildman–Crippen MR) is 89.7 cm³/mol. The fourth-order valence-corrected chi connectivity index (χ4v) is 1.94. The third-order valence-corrected chi connectivity index (χ3v) is 3.18. The van der Waals surface area contributed by atoms with Gasteiger partial charge in [-0.2, -0.15) is 0 Å². The molecule has 23 heavy (non-hydrogen) atoms. The number of benzene rings is 2. The lowest BCUT2D eigenvalue weighted by atomic mass is 10.2. The molecule has 2 rings (SSSR count). The summed E-state index contributed by atoms with van der Waals surface area (Å²) in [5.41, 5.74) is 0.794. The summed E-state index contributed by atoms with van der Waals surface area (Å²) in [7, 11) is 1.60. The van der Waals surface area contributed by atoms with Crippen molar-refractivity contribution in [2.24, 2.45) is 0 Å². The van der Waals surface area contributed by atoms with Gasteiger partial charge < -0.3 is 14.2 Å². The second-order valence-electron chi connectivity index (χ2n) is 4.56. The maximum absolute atomic E-state index is 12.1. The first kappa shape index (κ1) is 16.9. The third-order valence-electron chi connectivity index (χ3n) is 2.93. The van der Waals surface area contributed by atoms with Crippen LogP contribution in [-0.4, -0.2) is 19.7 Å². The molecule has 0 unspecified atom stereocenters. The van der Waals surface area contributed by atoms with Crippen molar-refractivity contribution >= 4 is 23.6 Å². The molecule has 0 radical (unpaired) electrons. The molecule has 4 nitrogen and oxygen atoms in total. The molecule has 0 N–H and O–H groups in total. The number of rotatable bonds is 6. The monoisotopic (exact) mass is 332 g/mol. The predicted octanol–water partition coefficient (Wildman–Crippen LogP) is 4.33. The topological polar surface area (TPSA) is 44.8 Å². The average molecular weight is 333 g/mol. The van der Waals surface area contributed by atoms with Gasteiger partial charge in [-0.1, -0.05) is 23.7 Å². The van der Waals surface area contributed by atoms with E-state index in [9.17, 15) is 4.79 Å². The van der Waals surface area contributed by atoms with E-state index in [0.717, 1.165) is 11.3 Å². The van der Waals surface area contributed by atoms with Gasteiger partial charge in [0.2, 0.25) is 5.76 Å². The molecule has 0 aromatic heterocycles. The van der Waals surface area contributed by atoms with Crippen molar-refractivity contribution in [3.63, 3.8) is 0 Å². The van der Waals surface area contributed by atoms with Gasteiger partial charge >= 0.3 is 5.97 Å². The van der Waals surface area contributed by atoms with Crippen LogP contribution in [0, 0.1) is 0 Å². The normalized spacial score (nSPS) is 11.0. The Morgan fingerprint density at radius 3 is 2.22 bits per heavy atom. The van der Waals surface area contributed by atoms with Crippen molar-refractivity contribution in [1.82, 2.24) is 0 Å². The highest BCUT2D eigenvalue weighted by atomic mass is 35.5. The van der Waals surface area contributed by atoms with E-state index >= 15 is 0 Å². The molecule has 0 saturated carbocycles. The maximum Gasteiger partial charge on any atom is 0.374 e. The minimum absolute atomic E-state index is 0.0966. The zero-order valence-electron chi connectivity index (χ0n) is 12.9. The number of esters is 1. The highest BCUT2D eigenvalue weighted by molar-refractivity contribution is 6.30. The zero-order chi connectivity index (χ0) is 16.7. The molecule has 2 aromatic rings. The maximum atomic E-state index is 12.1.